The maximum Gasteiger partial charge on any atom is 0.244 e. The lowest BCUT2D eigenvalue weighted by Crippen LogP contribution is -2.38. The first-order valence-corrected chi connectivity index (χ1v) is 8.45. The molecule has 1 rings (SSSR count). The second-order valence-corrected chi connectivity index (χ2v) is 7.88. The Hall–Kier alpha value is -0.850. The average Bonchev–Trinajstić information content (AvgIpc) is 2.81. The lowest BCUT2D eigenvalue weighted by atomic mass is 10.1. The van der Waals surface area contributed by atoms with Gasteiger partial charge in [0, 0.05) is 37.6 Å². The van der Waals surface area contributed by atoms with Crippen LogP contribution in [0.2, 0.25) is 0 Å². The topological polar surface area (TPSA) is 68.3 Å². The summed E-state index contributed by atoms with van der Waals surface area (Å²) >= 11 is 0. The summed E-state index contributed by atoms with van der Waals surface area (Å²) < 4.78 is 28.7. The third-order valence-electron chi connectivity index (χ3n) is 3.89. The number of aromatic nitrogens is 1. The minimum absolute atomic E-state index is 0.0521. The quantitative estimate of drug-likeness (QED) is 0.875. The van der Waals surface area contributed by atoms with Crippen molar-refractivity contribution in [2.75, 3.05) is 7.05 Å². The zero-order valence-electron chi connectivity index (χ0n) is 13.3. The van der Waals surface area contributed by atoms with Gasteiger partial charge in [-0.2, -0.15) is 4.31 Å². The van der Waals surface area contributed by atoms with Crippen LogP contribution in [0.25, 0.3) is 0 Å². The van der Waals surface area contributed by atoms with E-state index < -0.39 is 10.0 Å². The smallest absolute Gasteiger partial charge is 0.244 e. The molecule has 1 atom stereocenters. The van der Waals surface area contributed by atoms with Crippen LogP contribution in [0.1, 0.15) is 46.4 Å². The summed E-state index contributed by atoms with van der Waals surface area (Å²) in [5.41, 5.74) is 6.54. The van der Waals surface area contributed by atoms with Crippen LogP contribution in [0.5, 0.6) is 0 Å². The van der Waals surface area contributed by atoms with Crippen molar-refractivity contribution in [2.45, 2.75) is 58.1 Å². The number of hydrogen-bond acceptors (Lipinski definition) is 3. The van der Waals surface area contributed by atoms with Crippen LogP contribution < -0.4 is 5.73 Å². The first kappa shape index (κ1) is 17.2. The molecule has 1 heterocycles. The third kappa shape index (κ3) is 3.24. The largest absolute Gasteiger partial charge is 0.346 e. The fourth-order valence-electron chi connectivity index (χ4n) is 2.09. The van der Waals surface area contributed by atoms with Gasteiger partial charge in [0.1, 0.15) is 4.90 Å². The van der Waals surface area contributed by atoms with Crippen molar-refractivity contribution in [1.29, 1.82) is 0 Å². The fraction of sp³-hybridized carbons (Fsp3) is 0.714. The molecule has 0 saturated heterocycles. The van der Waals surface area contributed by atoms with Crippen molar-refractivity contribution in [1.82, 2.24) is 8.87 Å². The molecule has 1 unspecified atom stereocenters. The molecule has 0 fully saturated rings. The van der Waals surface area contributed by atoms with Gasteiger partial charge in [-0.15, -0.1) is 0 Å². The van der Waals surface area contributed by atoms with Crippen LogP contribution in [0, 0.1) is 5.92 Å². The molecule has 0 radical (unpaired) electrons. The molecule has 0 aliphatic carbocycles. The summed E-state index contributed by atoms with van der Waals surface area (Å²) in [6, 6.07) is 1.81. The van der Waals surface area contributed by atoms with E-state index in [2.05, 4.69) is 0 Å². The van der Waals surface area contributed by atoms with Crippen molar-refractivity contribution < 1.29 is 8.42 Å². The molecular weight excluding hydrogens is 274 g/mol. The molecular formula is C14H27N3O2S. The highest BCUT2D eigenvalue weighted by atomic mass is 32.2. The van der Waals surface area contributed by atoms with E-state index in [1.54, 1.807) is 19.3 Å². The number of hydrogen-bond donors (Lipinski definition) is 1. The molecule has 6 heteroatoms. The maximum absolute atomic E-state index is 12.7. The van der Waals surface area contributed by atoms with Crippen molar-refractivity contribution in [3.05, 3.63) is 18.0 Å². The van der Waals surface area contributed by atoms with E-state index in [0.29, 0.717) is 11.4 Å². The molecule has 0 spiro atoms. The van der Waals surface area contributed by atoms with Gasteiger partial charge in [-0.25, -0.2) is 8.42 Å². The van der Waals surface area contributed by atoms with E-state index in [1.165, 1.54) is 4.31 Å². The van der Waals surface area contributed by atoms with Gasteiger partial charge in [-0.1, -0.05) is 13.8 Å². The first-order valence-electron chi connectivity index (χ1n) is 7.01. The lowest BCUT2D eigenvalue weighted by Gasteiger charge is -2.26. The fourth-order valence-corrected chi connectivity index (χ4v) is 3.63. The van der Waals surface area contributed by atoms with Crippen LogP contribution in [0.3, 0.4) is 0 Å². The second-order valence-electron chi connectivity index (χ2n) is 5.88. The van der Waals surface area contributed by atoms with Crippen LogP contribution in [-0.4, -0.2) is 30.4 Å². The molecule has 5 nitrogen and oxygen atoms in total. The summed E-state index contributed by atoms with van der Waals surface area (Å²) in [4.78, 5) is 0.321. The monoisotopic (exact) mass is 301 g/mol. The molecule has 0 aliphatic heterocycles. The summed E-state index contributed by atoms with van der Waals surface area (Å²) in [7, 11) is -1.84. The van der Waals surface area contributed by atoms with E-state index in [9.17, 15) is 8.42 Å². The minimum atomic E-state index is -3.47. The van der Waals surface area contributed by atoms with Gasteiger partial charge in [0.05, 0.1) is 0 Å². The third-order valence-corrected chi connectivity index (χ3v) is 5.80. The van der Waals surface area contributed by atoms with Gasteiger partial charge in [0.25, 0.3) is 0 Å². The summed E-state index contributed by atoms with van der Waals surface area (Å²) in [6.07, 6.45) is 1.69. The van der Waals surface area contributed by atoms with Crippen molar-refractivity contribution >= 4 is 10.0 Å². The van der Waals surface area contributed by atoms with E-state index in [0.717, 1.165) is 5.69 Å². The molecule has 1 aromatic rings. The van der Waals surface area contributed by atoms with E-state index in [-0.39, 0.29) is 18.0 Å². The Bertz CT molecular complexity index is 547. The van der Waals surface area contributed by atoms with E-state index >= 15 is 0 Å². The Labute approximate surface area is 122 Å². The Balaban J connectivity index is 3.23. The van der Waals surface area contributed by atoms with Gasteiger partial charge in [0.15, 0.2) is 0 Å². The highest BCUT2D eigenvalue weighted by molar-refractivity contribution is 7.89. The highest BCUT2D eigenvalue weighted by Crippen LogP contribution is 2.24. The van der Waals surface area contributed by atoms with E-state index in [1.807, 2.05) is 39.2 Å². The Morgan fingerprint density at radius 1 is 1.25 bits per heavy atom. The highest BCUT2D eigenvalue weighted by Gasteiger charge is 2.28. The van der Waals surface area contributed by atoms with Gasteiger partial charge < -0.3 is 10.3 Å². The second kappa shape index (κ2) is 6.28. The summed E-state index contributed by atoms with van der Waals surface area (Å²) in [5, 5.41) is 0. The van der Waals surface area contributed by atoms with Gasteiger partial charge in [0.2, 0.25) is 10.0 Å². The van der Waals surface area contributed by atoms with Crippen LogP contribution in [-0.2, 0) is 16.6 Å². The SMILES string of the molecule is CC(C)C(C)N(C)S(=O)(=O)c1cc(CN)n(C(C)C)c1. The summed E-state index contributed by atoms with van der Waals surface area (Å²) in [5.74, 6) is 0.260. The summed E-state index contributed by atoms with van der Waals surface area (Å²) in [6.45, 7) is 10.3. The Morgan fingerprint density at radius 3 is 2.15 bits per heavy atom. The minimum Gasteiger partial charge on any atom is -0.346 e. The number of nitrogens with zero attached hydrogens (tertiary/aromatic N) is 2. The molecule has 20 heavy (non-hydrogen) atoms. The number of rotatable bonds is 6. The molecule has 116 valence electrons. The standard InChI is InChI=1S/C14H27N3O2S/c1-10(2)12(5)16(6)20(18,19)14-7-13(8-15)17(9-14)11(3)4/h7,9-12H,8,15H2,1-6H3. The number of sulfonamides is 1. The molecule has 0 amide bonds. The van der Waals surface area contributed by atoms with Gasteiger partial charge in [-0.3, -0.25) is 0 Å². The van der Waals surface area contributed by atoms with Gasteiger partial charge in [-0.05, 0) is 32.8 Å². The van der Waals surface area contributed by atoms with Crippen molar-refractivity contribution in [3.8, 4) is 0 Å². The normalized spacial score (nSPS) is 14.5. The molecule has 0 aliphatic rings. The lowest BCUT2D eigenvalue weighted by molar-refractivity contribution is 0.315. The van der Waals surface area contributed by atoms with Crippen LogP contribution in [0.4, 0.5) is 0 Å². The van der Waals surface area contributed by atoms with Gasteiger partial charge >= 0.3 is 0 Å². The molecule has 0 aromatic carbocycles. The van der Waals surface area contributed by atoms with Crippen molar-refractivity contribution in [2.24, 2.45) is 11.7 Å². The molecule has 2 N–H and O–H groups in total. The predicted molar refractivity (Wildman–Crippen MR) is 82.0 cm³/mol. The predicted octanol–water partition coefficient (Wildman–Crippen LogP) is 2.19. The van der Waals surface area contributed by atoms with Crippen molar-refractivity contribution in [3.63, 3.8) is 0 Å². The zero-order valence-corrected chi connectivity index (χ0v) is 14.1. The molecule has 1 aromatic heterocycles. The Kier molecular flexibility index (Phi) is 5.40. The Morgan fingerprint density at radius 2 is 1.80 bits per heavy atom. The van der Waals surface area contributed by atoms with Crippen LogP contribution >= 0.6 is 0 Å². The van der Waals surface area contributed by atoms with Crippen LogP contribution in [0.15, 0.2) is 17.2 Å². The number of nitrogens with two attached hydrogens (primary N) is 1. The molecule has 0 bridgehead atoms. The molecule has 0 saturated carbocycles. The average molecular weight is 301 g/mol. The first-order chi connectivity index (χ1) is 9.12. The maximum atomic E-state index is 12.7. The zero-order chi connectivity index (χ0) is 15.7. The van der Waals surface area contributed by atoms with E-state index in [4.69, 9.17) is 5.73 Å².